The molecule has 0 aromatic carbocycles. The van der Waals surface area contributed by atoms with Crippen LogP contribution < -0.4 is 5.32 Å². The Balaban J connectivity index is 2.31. The third kappa shape index (κ3) is 4.77. The molecule has 1 heterocycles. The lowest BCUT2D eigenvalue weighted by Crippen LogP contribution is -2.31. The van der Waals surface area contributed by atoms with Crippen molar-refractivity contribution in [3.05, 3.63) is 0 Å². The van der Waals surface area contributed by atoms with Gasteiger partial charge in [0.2, 0.25) is 0 Å². The van der Waals surface area contributed by atoms with E-state index in [1.165, 1.54) is 11.8 Å². The van der Waals surface area contributed by atoms with Gasteiger partial charge < -0.3 is 5.32 Å². The Kier molecular flexibility index (Phi) is 4.31. The number of aliphatic imine (C=N–C) groups is 1. The lowest BCUT2D eigenvalue weighted by atomic mass is 10.1. The molecule has 0 aliphatic carbocycles. The van der Waals surface area contributed by atoms with Crippen molar-refractivity contribution in [3.8, 4) is 0 Å². The minimum Gasteiger partial charge on any atom is -0.361 e. The van der Waals surface area contributed by atoms with Crippen LogP contribution >= 0.6 is 11.8 Å². The Bertz CT molecular complexity index is 238. The second-order valence-electron chi connectivity index (χ2n) is 3.86. The number of hydrogen-bond acceptors (Lipinski definition) is 2. The van der Waals surface area contributed by atoms with Crippen LogP contribution in [0.3, 0.4) is 0 Å². The lowest BCUT2D eigenvalue weighted by Gasteiger charge is -2.13. The maximum atomic E-state index is 11.8. The van der Waals surface area contributed by atoms with E-state index < -0.39 is 12.6 Å². The average Bonchev–Trinajstić information content (AvgIpc) is 2.50. The molecule has 0 aromatic heterocycles. The summed E-state index contributed by atoms with van der Waals surface area (Å²) >= 11 is 1.50. The quantitative estimate of drug-likeness (QED) is 0.820. The third-order valence-electron chi connectivity index (χ3n) is 2.16. The summed E-state index contributed by atoms with van der Waals surface area (Å²) in [6.07, 6.45) is -4.95. The van der Waals surface area contributed by atoms with Gasteiger partial charge in [-0.1, -0.05) is 25.6 Å². The van der Waals surface area contributed by atoms with Gasteiger partial charge in [-0.05, 0) is 5.92 Å². The van der Waals surface area contributed by atoms with E-state index in [2.05, 4.69) is 24.2 Å². The summed E-state index contributed by atoms with van der Waals surface area (Å²) in [7, 11) is 0. The van der Waals surface area contributed by atoms with Gasteiger partial charge in [-0.25, -0.2) is 0 Å². The standard InChI is InChI=1S/C9H15F3N2S/c1-6(2)7-5-15-8(14-7)13-4-3-9(10,11)12/h6-7H,3-5H2,1-2H3,(H,13,14). The van der Waals surface area contributed by atoms with Crippen molar-refractivity contribution < 1.29 is 13.2 Å². The van der Waals surface area contributed by atoms with Crippen LogP contribution in [-0.4, -0.2) is 29.7 Å². The zero-order valence-corrected chi connectivity index (χ0v) is 9.58. The molecule has 88 valence electrons. The molecule has 2 nitrogen and oxygen atoms in total. The summed E-state index contributed by atoms with van der Waals surface area (Å²) in [5.41, 5.74) is 0. The predicted molar refractivity (Wildman–Crippen MR) is 57.2 cm³/mol. The molecule has 1 fully saturated rings. The average molecular weight is 240 g/mol. The van der Waals surface area contributed by atoms with Crippen LogP contribution in [0.5, 0.6) is 0 Å². The summed E-state index contributed by atoms with van der Waals surface area (Å²) in [6.45, 7) is 3.98. The fourth-order valence-corrected chi connectivity index (χ4v) is 2.37. The number of hydrogen-bond donors (Lipinski definition) is 1. The minimum absolute atomic E-state index is 0.177. The molecular weight excluding hydrogens is 225 g/mol. The second kappa shape index (κ2) is 5.09. The van der Waals surface area contributed by atoms with Gasteiger partial charge in [0.1, 0.15) is 0 Å². The molecule has 1 N–H and O–H groups in total. The Morgan fingerprint density at radius 3 is 2.67 bits per heavy atom. The largest absolute Gasteiger partial charge is 0.390 e. The smallest absolute Gasteiger partial charge is 0.361 e. The van der Waals surface area contributed by atoms with Crippen molar-refractivity contribution in [2.45, 2.75) is 32.5 Å². The summed E-state index contributed by atoms with van der Waals surface area (Å²) < 4.78 is 35.5. The number of thioether (sulfide) groups is 1. The predicted octanol–water partition coefficient (Wildman–Crippen LogP) is 2.66. The molecule has 0 aromatic rings. The van der Waals surface area contributed by atoms with E-state index >= 15 is 0 Å². The summed E-state index contributed by atoms with van der Waals surface area (Å²) in [5.74, 6) is 1.37. The van der Waals surface area contributed by atoms with E-state index in [1.807, 2.05) is 0 Å². The number of amidine groups is 1. The molecule has 1 aliphatic rings. The summed E-state index contributed by atoms with van der Waals surface area (Å²) in [5, 5.41) is 3.77. The van der Waals surface area contributed by atoms with E-state index in [1.54, 1.807) is 0 Å². The van der Waals surface area contributed by atoms with Crippen molar-refractivity contribution >= 4 is 16.9 Å². The van der Waals surface area contributed by atoms with Crippen LogP contribution in [0.15, 0.2) is 4.99 Å². The maximum absolute atomic E-state index is 11.8. The molecule has 6 heteroatoms. The molecule has 0 saturated carbocycles. The molecule has 1 aliphatic heterocycles. The molecule has 0 bridgehead atoms. The first-order valence-corrected chi connectivity index (χ1v) is 5.87. The molecule has 0 radical (unpaired) electrons. The Labute approximate surface area is 91.7 Å². The fraction of sp³-hybridized carbons (Fsp3) is 0.889. The lowest BCUT2D eigenvalue weighted by molar-refractivity contribution is -0.132. The van der Waals surface area contributed by atoms with Crippen molar-refractivity contribution in [2.75, 3.05) is 12.3 Å². The third-order valence-corrected chi connectivity index (χ3v) is 3.21. The highest BCUT2D eigenvalue weighted by Gasteiger charge is 2.27. The summed E-state index contributed by atoms with van der Waals surface area (Å²) in [6, 6.07) is 0.333. The van der Waals surface area contributed by atoms with Gasteiger partial charge >= 0.3 is 6.18 Å². The van der Waals surface area contributed by atoms with Gasteiger partial charge in [-0.3, -0.25) is 4.99 Å². The second-order valence-corrected chi connectivity index (χ2v) is 4.87. The van der Waals surface area contributed by atoms with Crippen LogP contribution in [0.25, 0.3) is 0 Å². The minimum atomic E-state index is -4.11. The van der Waals surface area contributed by atoms with E-state index in [0.717, 1.165) is 5.75 Å². The molecular formula is C9H15F3N2S. The monoisotopic (exact) mass is 240 g/mol. The Morgan fingerprint density at radius 1 is 1.53 bits per heavy atom. The van der Waals surface area contributed by atoms with Gasteiger partial charge in [0.25, 0.3) is 0 Å². The van der Waals surface area contributed by atoms with Gasteiger partial charge in [0.15, 0.2) is 5.17 Å². The van der Waals surface area contributed by atoms with E-state index in [9.17, 15) is 13.2 Å². The first-order chi connectivity index (χ1) is 6.88. The molecule has 15 heavy (non-hydrogen) atoms. The summed E-state index contributed by atoms with van der Waals surface area (Å²) in [4.78, 5) is 3.89. The Hall–Kier alpha value is -0.390. The zero-order valence-electron chi connectivity index (χ0n) is 8.77. The SMILES string of the molecule is CC(C)C1CSC(=NCCC(F)(F)F)N1. The van der Waals surface area contributed by atoms with E-state index in [0.29, 0.717) is 17.1 Å². The van der Waals surface area contributed by atoms with Crippen molar-refractivity contribution in [1.82, 2.24) is 5.32 Å². The number of nitrogens with zero attached hydrogens (tertiary/aromatic N) is 1. The molecule has 1 rings (SSSR count). The van der Waals surface area contributed by atoms with Crippen LogP contribution in [0.2, 0.25) is 0 Å². The topological polar surface area (TPSA) is 24.4 Å². The number of rotatable bonds is 3. The highest BCUT2D eigenvalue weighted by molar-refractivity contribution is 8.14. The number of alkyl halides is 3. The van der Waals surface area contributed by atoms with Crippen molar-refractivity contribution in [1.29, 1.82) is 0 Å². The highest BCUT2D eigenvalue weighted by atomic mass is 32.2. The van der Waals surface area contributed by atoms with Crippen LogP contribution in [0, 0.1) is 5.92 Å². The van der Waals surface area contributed by atoms with Gasteiger partial charge in [-0.15, -0.1) is 0 Å². The molecule has 1 unspecified atom stereocenters. The normalized spacial score (nSPS) is 24.9. The first-order valence-electron chi connectivity index (χ1n) is 4.89. The van der Waals surface area contributed by atoms with E-state index in [4.69, 9.17) is 0 Å². The molecule has 0 amide bonds. The van der Waals surface area contributed by atoms with Crippen molar-refractivity contribution in [3.63, 3.8) is 0 Å². The first kappa shape index (κ1) is 12.7. The number of halogens is 3. The Morgan fingerprint density at radius 2 is 2.20 bits per heavy atom. The fourth-order valence-electron chi connectivity index (χ4n) is 1.15. The highest BCUT2D eigenvalue weighted by Crippen LogP contribution is 2.21. The van der Waals surface area contributed by atoms with Gasteiger partial charge in [0.05, 0.1) is 13.0 Å². The molecule has 0 spiro atoms. The molecule has 1 saturated heterocycles. The van der Waals surface area contributed by atoms with E-state index in [-0.39, 0.29) is 6.54 Å². The maximum Gasteiger partial charge on any atom is 0.390 e. The van der Waals surface area contributed by atoms with Gasteiger partial charge in [0, 0.05) is 11.8 Å². The van der Waals surface area contributed by atoms with Crippen LogP contribution in [0.1, 0.15) is 20.3 Å². The van der Waals surface area contributed by atoms with Crippen LogP contribution in [-0.2, 0) is 0 Å². The number of nitrogens with one attached hydrogen (secondary N) is 1. The molecule has 1 atom stereocenters. The van der Waals surface area contributed by atoms with Crippen molar-refractivity contribution in [2.24, 2.45) is 10.9 Å². The van der Waals surface area contributed by atoms with Crippen LogP contribution in [0.4, 0.5) is 13.2 Å². The van der Waals surface area contributed by atoms with Gasteiger partial charge in [-0.2, -0.15) is 13.2 Å². The zero-order chi connectivity index (χ0) is 11.5.